The Labute approximate surface area is 107 Å². The molecule has 0 saturated carbocycles. The zero-order valence-corrected chi connectivity index (χ0v) is 10.2. The number of halogens is 1. The summed E-state index contributed by atoms with van der Waals surface area (Å²) in [5, 5.41) is 0.111. The molecule has 2 aromatic rings. The van der Waals surface area contributed by atoms with Crippen LogP contribution >= 0.6 is 11.6 Å². The van der Waals surface area contributed by atoms with Crippen molar-refractivity contribution < 1.29 is 4.79 Å². The minimum absolute atomic E-state index is 0.111. The lowest BCUT2D eigenvalue weighted by Crippen LogP contribution is -2.40. The van der Waals surface area contributed by atoms with Gasteiger partial charge in [-0.05, 0) is 24.4 Å². The first-order valence-corrected chi connectivity index (χ1v) is 5.97. The minimum atomic E-state index is -0.352. The van der Waals surface area contributed by atoms with Gasteiger partial charge in [-0.25, -0.2) is 4.98 Å². The van der Waals surface area contributed by atoms with Crippen LogP contribution in [0, 0.1) is 0 Å². The fourth-order valence-corrected chi connectivity index (χ4v) is 2.48. The summed E-state index contributed by atoms with van der Waals surface area (Å²) in [6.45, 7) is 0.717. The number of H-pyrrole nitrogens is 1. The van der Waals surface area contributed by atoms with Gasteiger partial charge in [-0.3, -0.25) is 4.79 Å². The van der Waals surface area contributed by atoms with Crippen molar-refractivity contribution in [3.8, 4) is 0 Å². The van der Waals surface area contributed by atoms with Crippen LogP contribution in [0.15, 0.2) is 6.33 Å². The van der Waals surface area contributed by atoms with E-state index in [4.69, 9.17) is 17.3 Å². The van der Waals surface area contributed by atoms with E-state index in [0.717, 1.165) is 19.4 Å². The highest BCUT2D eigenvalue weighted by Gasteiger charge is 2.31. The molecule has 1 fully saturated rings. The molecule has 18 heavy (non-hydrogen) atoms. The topological polar surface area (TPSA) is 101 Å². The normalized spacial score (nSPS) is 19.6. The number of carbonyl (C=O) groups excluding carboxylic acids is 1. The fourth-order valence-electron chi connectivity index (χ4n) is 2.32. The maximum atomic E-state index is 11.4. The molecule has 0 bridgehead atoms. The number of aromatic nitrogens is 4. The minimum Gasteiger partial charge on any atom is -0.368 e. The number of aromatic amines is 1. The van der Waals surface area contributed by atoms with Gasteiger partial charge in [0, 0.05) is 6.54 Å². The fraction of sp³-hybridized carbons (Fsp3) is 0.400. The highest BCUT2D eigenvalue weighted by molar-refractivity contribution is 6.28. The number of nitrogens with zero attached hydrogens (tertiary/aromatic N) is 4. The van der Waals surface area contributed by atoms with Gasteiger partial charge in [0.1, 0.15) is 11.6 Å². The molecular formula is C10H11ClN6O. The van der Waals surface area contributed by atoms with Crippen LogP contribution in [0.1, 0.15) is 12.8 Å². The summed E-state index contributed by atoms with van der Waals surface area (Å²) in [5.41, 5.74) is 6.56. The molecule has 3 N–H and O–H groups in total. The van der Waals surface area contributed by atoms with Crippen LogP contribution < -0.4 is 10.6 Å². The Balaban J connectivity index is 2.13. The maximum absolute atomic E-state index is 11.4. The molecule has 0 radical (unpaired) electrons. The van der Waals surface area contributed by atoms with E-state index in [0.29, 0.717) is 17.0 Å². The second-order valence-corrected chi connectivity index (χ2v) is 4.51. The van der Waals surface area contributed by atoms with Crippen molar-refractivity contribution in [2.24, 2.45) is 5.73 Å². The van der Waals surface area contributed by atoms with Crippen LogP contribution in [0.4, 0.5) is 5.82 Å². The quantitative estimate of drug-likeness (QED) is 0.769. The van der Waals surface area contributed by atoms with Crippen molar-refractivity contribution in [3.63, 3.8) is 0 Å². The summed E-state index contributed by atoms with van der Waals surface area (Å²) < 4.78 is 0. The van der Waals surface area contributed by atoms with Crippen molar-refractivity contribution in [2.75, 3.05) is 11.4 Å². The van der Waals surface area contributed by atoms with E-state index in [-0.39, 0.29) is 17.2 Å². The molecule has 0 aromatic carbocycles. The SMILES string of the molecule is NC(=O)C1CCCN1c1nc(Cl)nc2nc[nH]c12. The number of hydrogen-bond donors (Lipinski definition) is 2. The smallest absolute Gasteiger partial charge is 0.240 e. The first kappa shape index (κ1) is 11.2. The third kappa shape index (κ3) is 1.67. The highest BCUT2D eigenvalue weighted by Crippen LogP contribution is 2.29. The zero-order valence-electron chi connectivity index (χ0n) is 9.43. The molecule has 8 heteroatoms. The summed E-state index contributed by atoms with van der Waals surface area (Å²) in [6, 6.07) is -0.345. The Morgan fingerprint density at radius 3 is 3.17 bits per heavy atom. The summed E-state index contributed by atoms with van der Waals surface area (Å²) in [5.74, 6) is 0.235. The first-order chi connectivity index (χ1) is 8.66. The molecule has 1 unspecified atom stereocenters. The summed E-state index contributed by atoms with van der Waals surface area (Å²) in [4.78, 5) is 28.5. The number of nitrogens with two attached hydrogens (primary N) is 1. The Kier molecular flexibility index (Phi) is 2.55. The van der Waals surface area contributed by atoms with Gasteiger partial charge in [0.05, 0.1) is 6.33 Å². The Morgan fingerprint density at radius 2 is 2.39 bits per heavy atom. The summed E-state index contributed by atoms with van der Waals surface area (Å²) in [6.07, 6.45) is 3.14. The molecule has 1 saturated heterocycles. The van der Waals surface area contributed by atoms with Crippen molar-refractivity contribution in [3.05, 3.63) is 11.6 Å². The molecule has 3 heterocycles. The van der Waals surface area contributed by atoms with Gasteiger partial charge in [0.2, 0.25) is 11.2 Å². The first-order valence-electron chi connectivity index (χ1n) is 5.59. The van der Waals surface area contributed by atoms with Crippen LogP contribution in [-0.2, 0) is 4.79 Å². The molecule has 94 valence electrons. The average molecular weight is 267 g/mol. The van der Waals surface area contributed by atoms with E-state index in [1.807, 2.05) is 4.90 Å². The Hall–Kier alpha value is -1.89. The molecule has 1 aliphatic rings. The van der Waals surface area contributed by atoms with Gasteiger partial charge in [0.15, 0.2) is 11.5 Å². The number of nitrogens with one attached hydrogen (secondary N) is 1. The molecule has 1 atom stereocenters. The second kappa shape index (κ2) is 4.09. The standard InChI is InChI=1S/C10H11ClN6O/c11-10-15-8-6(13-4-14-8)9(16-10)17-3-1-2-5(17)7(12)18/h4-5H,1-3H2,(H2,12,18)(H,13,14,15,16). The van der Waals surface area contributed by atoms with Crippen LogP contribution in [0.3, 0.4) is 0 Å². The van der Waals surface area contributed by atoms with Crippen LogP contribution in [-0.4, -0.2) is 38.4 Å². The van der Waals surface area contributed by atoms with E-state index in [2.05, 4.69) is 19.9 Å². The lowest BCUT2D eigenvalue weighted by molar-refractivity contribution is -0.119. The number of primary amides is 1. The van der Waals surface area contributed by atoms with Gasteiger partial charge in [-0.1, -0.05) is 0 Å². The molecule has 1 aliphatic heterocycles. The van der Waals surface area contributed by atoms with Gasteiger partial charge in [0.25, 0.3) is 0 Å². The second-order valence-electron chi connectivity index (χ2n) is 4.17. The van der Waals surface area contributed by atoms with Crippen LogP contribution in [0.5, 0.6) is 0 Å². The van der Waals surface area contributed by atoms with E-state index in [1.54, 1.807) is 0 Å². The van der Waals surface area contributed by atoms with Crippen molar-refractivity contribution in [1.29, 1.82) is 0 Å². The average Bonchev–Trinajstić information content (AvgIpc) is 2.95. The Bertz CT molecular complexity index is 611. The molecule has 2 aromatic heterocycles. The van der Waals surface area contributed by atoms with Gasteiger partial charge < -0.3 is 15.6 Å². The predicted octanol–water partition coefficient (Wildman–Crippen LogP) is 0.460. The molecule has 3 rings (SSSR count). The van der Waals surface area contributed by atoms with Gasteiger partial charge in [-0.15, -0.1) is 0 Å². The number of rotatable bonds is 2. The number of imidazole rings is 1. The van der Waals surface area contributed by atoms with Gasteiger partial charge >= 0.3 is 0 Å². The van der Waals surface area contributed by atoms with Crippen LogP contribution in [0.25, 0.3) is 11.2 Å². The largest absolute Gasteiger partial charge is 0.368 e. The van der Waals surface area contributed by atoms with E-state index in [1.165, 1.54) is 6.33 Å². The third-order valence-corrected chi connectivity index (χ3v) is 3.26. The third-order valence-electron chi connectivity index (χ3n) is 3.09. The highest BCUT2D eigenvalue weighted by atomic mass is 35.5. The van der Waals surface area contributed by atoms with E-state index in [9.17, 15) is 4.79 Å². The van der Waals surface area contributed by atoms with E-state index >= 15 is 0 Å². The number of hydrogen-bond acceptors (Lipinski definition) is 5. The number of anilines is 1. The molecule has 1 amide bonds. The number of carbonyl (C=O) groups is 1. The van der Waals surface area contributed by atoms with Gasteiger partial charge in [-0.2, -0.15) is 9.97 Å². The molecule has 7 nitrogen and oxygen atoms in total. The monoisotopic (exact) mass is 266 g/mol. The number of fused-ring (bicyclic) bond motifs is 1. The van der Waals surface area contributed by atoms with Crippen LogP contribution in [0.2, 0.25) is 5.28 Å². The van der Waals surface area contributed by atoms with E-state index < -0.39 is 0 Å². The maximum Gasteiger partial charge on any atom is 0.240 e. The lowest BCUT2D eigenvalue weighted by Gasteiger charge is -2.23. The lowest BCUT2D eigenvalue weighted by atomic mass is 10.2. The van der Waals surface area contributed by atoms with Crippen molar-refractivity contribution in [1.82, 2.24) is 19.9 Å². The van der Waals surface area contributed by atoms with Crippen molar-refractivity contribution in [2.45, 2.75) is 18.9 Å². The summed E-state index contributed by atoms with van der Waals surface area (Å²) in [7, 11) is 0. The molecule has 0 spiro atoms. The summed E-state index contributed by atoms with van der Waals surface area (Å²) >= 11 is 5.87. The van der Waals surface area contributed by atoms with Crippen molar-refractivity contribution >= 4 is 34.5 Å². The Morgan fingerprint density at radius 1 is 1.56 bits per heavy atom. The zero-order chi connectivity index (χ0) is 12.7. The molecular weight excluding hydrogens is 256 g/mol. The molecule has 0 aliphatic carbocycles. The predicted molar refractivity (Wildman–Crippen MR) is 66.3 cm³/mol. The number of amides is 1.